The molecule has 0 bridgehead atoms. The molecule has 0 fully saturated rings. The molecule has 1 aliphatic carbocycles. The van der Waals surface area contributed by atoms with Crippen molar-refractivity contribution in [2.75, 3.05) is 6.61 Å². The van der Waals surface area contributed by atoms with E-state index in [-0.39, 0.29) is 24.7 Å². The van der Waals surface area contributed by atoms with E-state index in [4.69, 9.17) is 9.47 Å². The molecule has 4 nitrogen and oxygen atoms in total. The summed E-state index contributed by atoms with van der Waals surface area (Å²) in [6.45, 7) is 14.1. The normalized spacial score (nSPS) is 35.6. The van der Waals surface area contributed by atoms with Crippen LogP contribution in [0.5, 0.6) is 0 Å². The Labute approximate surface area is 187 Å². The fourth-order valence-corrected chi connectivity index (χ4v) is 4.85. The zero-order chi connectivity index (χ0) is 22.8. The van der Waals surface area contributed by atoms with Crippen LogP contribution in [0.25, 0.3) is 0 Å². The fraction of sp³-hybridized carbons (Fsp3) is 0.556. The summed E-state index contributed by atoms with van der Waals surface area (Å²) < 4.78 is 13.0. The highest BCUT2D eigenvalue weighted by Gasteiger charge is 2.48. The quantitative estimate of drug-likeness (QED) is 0.565. The number of rotatable bonds is 6. The van der Waals surface area contributed by atoms with Gasteiger partial charge in [-0.3, -0.25) is 0 Å². The Morgan fingerprint density at radius 3 is 2.61 bits per heavy atom. The number of hydrogen-bond acceptors (Lipinski definition) is 4. The molecule has 0 radical (unpaired) electrons. The largest absolute Gasteiger partial charge is 0.392 e. The molecular weight excluding hydrogens is 388 g/mol. The molecule has 2 N–H and O–H groups in total. The Morgan fingerprint density at radius 1 is 1.23 bits per heavy atom. The van der Waals surface area contributed by atoms with Crippen LogP contribution in [0.2, 0.25) is 0 Å². The van der Waals surface area contributed by atoms with E-state index in [9.17, 15) is 10.2 Å². The minimum atomic E-state index is -1.07. The molecule has 4 heteroatoms. The molecule has 0 unspecified atom stereocenters. The number of fused-ring (bicyclic) bond motifs is 1. The Hall–Kier alpha value is -1.72. The Bertz CT molecular complexity index is 854. The highest BCUT2D eigenvalue weighted by Crippen LogP contribution is 2.45. The monoisotopic (exact) mass is 426 g/mol. The molecule has 2 aliphatic heterocycles. The van der Waals surface area contributed by atoms with Gasteiger partial charge in [0.2, 0.25) is 5.79 Å². The predicted molar refractivity (Wildman–Crippen MR) is 125 cm³/mol. The number of ether oxygens (including phenoxy) is 2. The molecule has 1 spiro atoms. The van der Waals surface area contributed by atoms with Crippen molar-refractivity contribution in [1.82, 2.24) is 0 Å². The van der Waals surface area contributed by atoms with E-state index in [0.717, 1.165) is 30.4 Å². The standard InChI is InChI=1S/C27H38O4/c1-7-26(29)16-24-22(17-28)15-27(31-25(24)13-21(26)6)14-20(5)12-23(30-27)11-19(4)10-8-9-18(2)3/h7,9,11,13-15,23-25,28-29H,1,8,10,12,16-17H2,2-6H3/b19-11+/t23-,24-,25-,26-,27+/m1/s1. The molecule has 0 amide bonds. The summed E-state index contributed by atoms with van der Waals surface area (Å²) in [5.74, 6) is -1.11. The topological polar surface area (TPSA) is 58.9 Å². The van der Waals surface area contributed by atoms with Gasteiger partial charge in [0.15, 0.2) is 0 Å². The molecule has 0 saturated heterocycles. The van der Waals surface area contributed by atoms with E-state index in [1.807, 2.05) is 25.2 Å². The van der Waals surface area contributed by atoms with Crippen LogP contribution in [-0.2, 0) is 9.47 Å². The smallest absolute Gasteiger partial charge is 0.209 e. The van der Waals surface area contributed by atoms with Crippen LogP contribution in [0, 0.1) is 5.92 Å². The third-order valence-electron chi connectivity index (χ3n) is 6.60. The van der Waals surface area contributed by atoms with Crippen molar-refractivity contribution in [1.29, 1.82) is 0 Å². The Balaban J connectivity index is 1.86. The first-order chi connectivity index (χ1) is 14.6. The van der Waals surface area contributed by atoms with Gasteiger partial charge in [-0.05, 0) is 83.6 Å². The summed E-state index contributed by atoms with van der Waals surface area (Å²) in [7, 11) is 0. The molecule has 170 valence electrons. The average molecular weight is 427 g/mol. The molecule has 0 aromatic heterocycles. The maximum absolute atomic E-state index is 10.9. The summed E-state index contributed by atoms with van der Waals surface area (Å²) in [6.07, 6.45) is 14.9. The van der Waals surface area contributed by atoms with Gasteiger partial charge in [0.25, 0.3) is 0 Å². The number of aliphatic hydroxyl groups excluding tert-OH is 1. The van der Waals surface area contributed by atoms with Crippen molar-refractivity contribution < 1.29 is 19.7 Å². The van der Waals surface area contributed by atoms with Crippen molar-refractivity contribution in [3.63, 3.8) is 0 Å². The number of allylic oxidation sites excluding steroid dienone is 3. The molecule has 0 saturated carbocycles. The number of hydrogen-bond donors (Lipinski definition) is 2. The molecule has 5 atom stereocenters. The van der Waals surface area contributed by atoms with Gasteiger partial charge in [-0.1, -0.05) is 47.6 Å². The molecular formula is C27H38O4. The van der Waals surface area contributed by atoms with Gasteiger partial charge in [-0.15, -0.1) is 0 Å². The second-order valence-corrected chi connectivity index (χ2v) is 9.65. The van der Waals surface area contributed by atoms with Crippen LogP contribution in [0.1, 0.15) is 60.3 Å². The Kier molecular flexibility index (Phi) is 7.27. The van der Waals surface area contributed by atoms with E-state index >= 15 is 0 Å². The van der Waals surface area contributed by atoms with Gasteiger partial charge >= 0.3 is 0 Å². The average Bonchev–Trinajstić information content (AvgIpc) is 2.68. The van der Waals surface area contributed by atoms with E-state index in [1.54, 1.807) is 6.08 Å². The SMILES string of the molecule is C=C[C@@]1(O)C[C@@H]2C(CO)=C[C@]3(C=C(C)C[C@@H](/C=C(\C)CCC=C(C)C)O3)O[C@@H]2C=C1C. The Morgan fingerprint density at radius 2 is 1.97 bits per heavy atom. The fourth-order valence-electron chi connectivity index (χ4n) is 4.85. The second-order valence-electron chi connectivity index (χ2n) is 9.65. The van der Waals surface area contributed by atoms with Gasteiger partial charge in [-0.25, -0.2) is 0 Å². The van der Waals surface area contributed by atoms with Gasteiger partial charge in [0.1, 0.15) is 5.60 Å². The van der Waals surface area contributed by atoms with E-state index < -0.39 is 11.4 Å². The predicted octanol–water partition coefficient (Wildman–Crippen LogP) is 5.31. The van der Waals surface area contributed by atoms with Crippen molar-refractivity contribution in [3.8, 4) is 0 Å². The highest BCUT2D eigenvalue weighted by molar-refractivity contribution is 5.36. The summed E-state index contributed by atoms with van der Waals surface area (Å²) in [4.78, 5) is 0. The molecule has 2 heterocycles. The summed E-state index contributed by atoms with van der Waals surface area (Å²) in [6, 6.07) is 0. The first kappa shape index (κ1) is 23.9. The first-order valence-corrected chi connectivity index (χ1v) is 11.3. The minimum absolute atomic E-state index is 0.0804. The van der Waals surface area contributed by atoms with Crippen molar-refractivity contribution in [3.05, 3.63) is 70.9 Å². The van der Waals surface area contributed by atoms with E-state index in [0.29, 0.717) is 6.42 Å². The molecule has 0 aromatic carbocycles. The van der Waals surface area contributed by atoms with Crippen LogP contribution < -0.4 is 0 Å². The number of aliphatic hydroxyl groups is 2. The third kappa shape index (κ3) is 5.38. The zero-order valence-electron chi connectivity index (χ0n) is 19.6. The summed E-state index contributed by atoms with van der Waals surface area (Å²) in [5.41, 5.74) is 4.43. The van der Waals surface area contributed by atoms with Gasteiger partial charge in [0.05, 0.1) is 18.8 Å². The van der Waals surface area contributed by atoms with Crippen LogP contribution in [-0.4, -0.2) is 40.4 Å². The lowest BCUT2D eigenvalue weighted by Gasteiger charge is -2.48. The van der Waals surface area contributed by atoms with Crippen LogP contribution >= 0.6 is 0 Å². The van der Waals surface area contributed by atoms with E-state index in [1.165, 1.54) is 16.7 Å². The maximum Gasteiger partial charge on any atom is 0.209 e. The molecule has 3 aliphatic rings. The lowest BCUT2D eigenvalue weighted by Crippen LogP contribution is -2.51. The minimum Gasteiger partial charge on any atom is -0.392 e. The van der Waals surface area contributed by atoms with Crippen molar-refractivity contribution >= 4 is 0 Å². The van der Waals surface area contributed by atoms with Gasteiger partial charge < -0.3 is 19.7 Å². The molecule has 31 heavy (non-hydrogen) atoms. The van der Waals surface area contributed by atoms with Crippen LogP contribution in [0.4, 0.5) is 0 Å². The second kappa shape index (κ2) is 9.41. The van der Waals surface area contributed by atoms with Crippen molar-refractivity contribution in [2.24, 2.45) is 5.92 Å². The maximum atomic E-state index is 10.9. The lowest BCUT2D eigenvalue weighted by molar-refractivity contribution is -0.227. The lowest BCUT2D eigenvalue weighted by atomic mass is 9.72. The van der Waals surface area contributed by atoms with Crippen molar-refractivity contribution in [2.45, 2.75) is 83.9 Å². The summed E-state index contributed by atoms with van der Waals surface area (Å²) in [5, 5.41) is 21.0. The zero-order valence-corrected chi connectivity index (χ0v) is 19.6. The third-order valence-corrected chi connectivity index (χ3v) is 6.60. The molecule has 0 aromatic rings. The highest BCUT2D eigenvalue weighted by atomic mass is 16.7. The van der Waals surface area contributed by atoms with Gasteiger partial charge in [0, 0.05) is 5.92 Å². The van der Waals surface area contributed by atoms with Crippen LogP contribution in [0.3, 0.4) is 0 Å². The van der Waals surface area contributed by atoms with E-state index in [2.05, 4.69) is 46.4 Å². The van der Waals surface area contributed by atoms with Gasteiger partial charge in [-0.2, -0.15) is 0 Å². The first-order valence-electron chi connectivity index (χ1n) is 11.3. The van der Waals surface area contributed by atoms with Crippen LogP contribution in [0.15, 0.2) is 70.9 Å². The molecule has 3 rings (SSSR count). The summed E-state index contributed by atoms with van der Waals surface area (Å²) >= 11 is 0.